The molecule has 0 spiro atoms. The molecule has 1 aliphatic carbocycles. The molecule has 0 amide bonds. The molecule has 1 aromatic carbocycles. The van der Waals surface area contributed by atoms with E-state index >= 15 is 0 Å². The first-order chi connectivity index (χ1) is 9.74. The van der Waals surface area contributed by atoms with Crippen LogP contribution in [0, 0.1) is 5.92 Å². The average molecular weight is 277 g/mol. The van der Waals surface area contributed by atoms with Gasteiger partial charge in [0.15, 0.2) is 11.5 Å². The fourth-order valence-corrected chi connectivity index (χ4v) is 3.31. The number of methoxy groups -OCH3 is 2. The van der Waals surface area contributed by atoms with Crippen LogP contribution >= 0.6 is 0 Å². The lowest BCUT2D eigenvalue weighted by Gasteiger charge is -2.45. The molecule has 1 fully saturated rings. The summed E-state index contributed by atoms with van der Waals surface area (Å²) in [5.74, 6) is 3.03. The standard InChI is InChI=1S/C17H27NO2/c1-5-9-18-15-11-14(13(15)6-2)12-7-8-16(19-3)17(10-12)20-4/h7-8,10,13-15,18H,5-6,9,11H2,1-4H3. The third kappa shape index (κ3) is 2.93. The van der Waals surface area contributed by atoms with E-state index in [2.05, 4.69) is 31.3 Å². The second-order valence-corrected chi connectivity index (χ2v) is 5.59. The average Bonchev–Trinajstić information content (AvgIpc) is 2.46. The van der Waals surface area contributed by atoms with Crippen LogP contribution < -0.4 is 14.8 Å². The Hall–Kier alpha value is -1.22. The SMILES string of the molecule is CCCNC1CC(c2ccc(OC)c(OC)c2)C1CC. The Bertz CT molecular complexity index is 433. The van der Waals surface area contributed by atoms with Gasteiger partial charge >= 0.3 is 0 Å². The maximum atomic E-state index is 5.42. The van der Waals surface area contributed by atoms with Crippen LogP contribution in [-0.4, -0.2) is 26.8 Å². The lowest BCUT2D eigenvalue weighted by Crippen LogP contribution is -2.49. The van der Waals surface area contributed by atoms with Crippen molar-refractivity contribution in [2.45, 2.75) is 45.1 Å². The second-order valence-electron chi connectivity index (χ2n) is 5.59. The minimum atomic E-state index is 0.647. The van der Waals surface area contributed by atoms with Crippen LogP contribution in [0.5, 0.6) is 11.5 Å². The molecule has 1 N–H and O–H groups in total. The van der Waals surface area contributed by atoms with Gasteiger partial charge < -0.3 is 14.8 Å². The zero-order valence-electron chi connectivity index (χ0n) is 13.1. The first-order valence-corrected chi connectivity index (χ1v) is 7.70. The highest BCUT2D eigenvalue weighted by Crippen LogP contribution is 2.46. The highest BCUT2D eigenvalue weighted by molar-refractivity contribution is 5.44. The number of hydrogen-bond donors (Lipinski definition) is 1. The number of nitrogens with one attached hydrogen (secondary N) is 1. The molecule has 3 atom stereocenters. The van der Waals surface area contributed by atoms with Crippen LogP contribution in [0.2, 0.25) is 0 Å². The van der Waals surface area contributed by atoms with Gasteiger partial charge in [0.1, 0.15) is 0 Å². The molecule has 1 aliphatic rings. The van der Waals surface area contributed by atoms with E-state index in [1.165, 1.54) is 24.8 Å². The van der Waals surface area contributed by atoms with Crippen molar-refractivity contribution in [3.63, 3.8) is 0 Å². The fraction of sp³-hybridized carbons (Fsp3) is 0.647. The summed E-state index contributed by atoms with van der Waals surface area (Å²) in [5.41, 5.74) is 1.38. The molecular weight excluding hydrogens is 250 g/mol. The van der Waals surface area contributed by atoms with Gasteiger partial charge in [-0.1, -0.05) is 26.3 Å². The van der Waals surface area contributed by atoms with E-state index in [-0.39, 0.29) is 0 Å². The summed E-state index contributed by atoms with van der Waals surface area (Å²) in [6.45, 7) is 5.64. The third-order valence-corrected chi connectivity index (χ3v) is 4.51. The van der Waals surface area contributed by atoms with Crippen LogP contribution in [0.15, 0.2) is 18.2 Å². The quantitative estimate of drug-likeness (QED) is 0.826. The summed E-state index contributed by atoms with van der Waals surface area (Å²) in [5, 5.41) is 3.66. The Labute approximate surface area is 122 Å². The summed E-state index contributed by atoms with van der Waals surface area (Å²) < 4.78 is 10.7. The Balaban J connectivity index is 2.08. The Morgan fingerprint density at radius 1 is 1.15 bits per heavy atom. The third-order valence-electron chi connectivity index (χ3n) is 4.51. The zero-order valence-corrected chi connectivity index (χ0v) is 13.1. The van der Waals surface area contributed by atoms with Crippen molar-refractivity contribution in [2.24, 2.45) is 5.92 Å². The van der Waals surface area contributed by atoms with E-state index in [9.17, 15) is 0 Å². The second kappa shape index (κ2) is 6.98. The minimum absolute atomic E-state index is 0.647. The van der Waals surface area contributed by atoms with Gasteiger partial charge in [0, 0.05) is 6.04 Å². The number of ether oxygens (including phenoxy) is 2. The molecule has 0 radical (unpaired) electrons. The molecule has 1 saturated carbocycles. The topological polar surface area (TPSA) is 30.5 Å². The summed E-state index contributed by atoms with van der Waals surface area (Å²) >= 11 is 0. The van der Waals surface area contributed by atoms with Crippen LogP contribution in [0.3, 0.4) is 0 Å². The van der Waals surface area contributed by atoms with Gasteiger partial charge in [-0.25, -0.2) is 0 Å². The van der Waals surface area contributed by atoms with Crippen LogP contribution in [0.25, 0.3) is 0 Å². The van der Waals surface area contributed by atoms with Gasteiger partial charge in [0.25, 0.3) is 0 Å². The number of hydrogen-bond acceptors (Lipinski definition) is 3. The number of benzene rings is 1. The summed E-state index contributed by atoms with van der Waals surface area (Å²) in [6, 6.07) is 7.03. The van der Waals surface area contributed by atoms with E-state index in [0.29, 0.717) is 12.0 Å². The van der Waals surface area contributed by atoms with E-state index in [1.54, 1.807) is 14.2 Å². The van der Waals surface area contributed by atoms with E-state index < -0.39 is 0 Å². The highest BCUT2D eigenvalue weighted by Gasteiger charge is 2.40. The Kier molecular flexibility index (Phi) is 5.30. The molecule has 112 valence electrons. The molecule has 20 heavy (non-hydrogen) atoms. The summed E-state index contributed by atoms with van der Waals surface area (Å²) in [6.07, 6.45) is 3.66. The molecule has 2 rings (SSSR count). The van der Waals surface area contributed by atoms with Crippen molar-refractivity contribution >= 4 is 0 Å². The van der Waals surface area contributed by atoms with Crippen molar-refractivity contribution in [3.05, 3.63) is 23.8 Å². The molecule has 0 saturated heterocycles. The summed E-state index contributed by atoms with van der Waals surface area (Å²) in [7, 11) is 3.38. The van der Waals surface area contributed by atoms with Gasteiger partial charge in [-0.05, 0) is 48.9 Å². The molecular formula is C17H27NO2. The van der Waals surface area contributed by atoms with Gasteiger partial charge in [-0.2, -0.15) is 0 Å². The van der Waals surface area contributed by atoms with Crippen molar-refractivity contribution in [1.29, 1.82) is 0 Å². The maximum Gasteiger partial charge on any atom is 0.160 e. The van der Waals surface area contributed by atoms with E-state index in [0.717, 1.165) is 24.0 Å². The number of rotatable bonds is 7. The molecule has 3 heteroatoms. The van der Waals surface area contributed by atoms with Crippen molar-refractivity contribution in [2.75, 3.05) is 20.8 Å². The summed E-state index contributed by atoms with van der Waals surface area (Å²) in [4.78, 5) is 0. The highest BCUT2D eigenvalue weighted by atomic mass is 16.5. The maximum absolute atomic E-state index is 5.42. The van der Waals surface area contributed by atoms with Crippen LogP contribution in [-0.2, 0) is 0 Å². The Morgan fingerprint density at radius 2 is 1.90 bits per heavy atom. The first-order valence-electron chi connectivity index (χ1n) is 7.70. The first kappa shape index (κ1) is 15.2. The van der Waals surface area contributed by atoms with Crippen LogP contribution in [0.4, 0.5) is 0 Å². The molecule has 0 heterocycles. The van der Waals surface area contributed by atoms with E-state index in [1.807, 2.05) is 6.07 Å². The van der Waals surface area contributed by atoms with Crippen molar-refractivity contribution < 1.29 is 9.47 Å². The van der Waals surface area contributed by atoms with Crippen molar-refractivity contribution in [3.8, 4) is 11.5 Å². The van der Waals surface area contributed by atoms with Crippen molar-refractivity contribution in [1.82, 2.24) is 5.32 Å². The predicted molar refractivity (Wildman–Crippen MR) is 82.8 cm³/mol. The lowest BCUT2D eigenvalue weighted by atomic mass is 9.65. The predicted octanol–water partition coefficient (Wildman–Crippen LogP) is 3.59. The van der Waals surface area contributed by atoms with Gasteiger partial charge in [-0.15, -0.1) is 0 Å². The normalized spacial score (nSPS) is 25.1. The largest absolute Gasteiger partial charge is 0.493 e. The zero-order chi connectivity index (χ0) is 14.5. The van der Waals surface area contributed by atoms with E-state index in [4.69, 9.17) is 9.47 Å². The monoisotopic (exact) mass is 277 g/mol. The molecule has 1 aromatic rings. The van der Waals surface area contributed by atoms with Gasteiger partial charge in [-0.3, -0.25) is 0 Å². The fourth-order valence-electron chi connectivity index (χ4n) is 3.31. The minimum Gasteiger partial charge on any atom is -0.493 e. The molecule has 3 nitrogen and oxygen atoms in total. The smallest absolute Gasteiger partial charge is 0.160 e. The molecule has 0 aromatic heterocycles. The Morgan fingerprint density at radius 3 is 2.50 bits per heavy atom. The molecule has 0 bridgehead atoms. The molecule has 3 unspecified atom stereocenters. The van der Waals surface area contributed by atoms with Crippen LogP contribution in [0.1, 0.15) is 44.6 Å². The van der Waals surface area contributed by atoms with Gasteiger partial charge in [0.05, 0.1) is 14.2 Å². The van der Waals surface area contributed by atoms with Gasteiger partial charge in [0.2, 0.25) is 0 Å². The lowest BCUT2D eigenvalue weighted by molar-refractivity contribution is 0.160. The molecule has 0 aliphatic heterocycles.